The number of carbonyl (C=O) groups is 1. The number of nitrogens with one attached hydrogen (secondary N) is 3. The molecule has 0 saturated heterocycles. The highest BCUT2D eigenvalue weighted by Crippen LogP contribution is 2.18. The van der Waals surface area contributed by atoms with Crippen molar-refractivity contribution >= 4 is 35.8 Å². The minimum Gasteiger partial charge on any atom is -0.489 e. The zero-order valence-corrected chi connectivity index (χ0v) is 18.2. The summed E-state index contributed by atoms with van der Waals surface area (Å²) in [6.07, 6.45) is 1.72. The van der Waals surface area contributed by atoms with Crippen LogP contribution in [0.15, 0.2) is 41.9 Å². The predicted octanol–water partition coefficient (Wildman–Crippen LogP) is 2.70. The molecule has 1 aromatic carbocycles. The fourth-order valence-electron chi connectivity index (χ4n) is 2.00. The molecule has 26 heavy (non-hydrogen) atoms. The summed E-state index contributed by atoms with van der Waals surface area (Å²) in [5.74, 6) is 1.57. The lowest BCUT2D eigenvalue weighted by atomic mass is 10.2. The maximum atomic E-state index is 11.5. The Labute approximate surface area is 173 Å². The Hall–Kier alpha value is -1.77. The number of aliphatic imine (C=N–C) groups is 1. The Morgan fingerprint density at radius 3 is 2.58 bits per heavy atom. The Balaban J connectivity index is 0.00000625. The average Bonchev–Trinajstić information content (AvgIpc) is 2.61. The summed E-state index contributed by atoms with van der Waals surface area (Å²) in [6, 6.07) is 7.82. The number of hydrogen-bond donors (Lipinski definition) is 3. The summed E-state index contributed by atoms with van der Waals surface area (Å²) in [6.45, 7) is 12.3. The highest BCUT2D eigenvalue weighted by molar-refractivity contribution is 14.0. The molecule has 0 saturated carbocycles. The van der Waals surface area contributed by atoms with Gasteiger partial charge in [0.2, 0.25) is 5.91 Å². The van der Waals surface area contributed by atoms with Gasteiger partial charge in [0.1, 0.15) is 12.4 Å². The highest BCUT2D eigenvalue weighted by atomic mass is 127. The first-order valence-corrected chi connectivity index (χ1v) is 8.70. The van der Waals surface area contributed by atoms with Gasteiger partial charge in [0.25, 0.3) is 0 Å². The zero-order valence-electron chi connectivity index (χ0n) is 15.9. The van der Waals surface area contributed by atoms with Crippen LogP contribution in [0.2, 0.25) is 0 Å². The van der Waals surface area contributed by atoms with Gasteiger partial charge in [0.05, 0.1) is 6.54 Å². The van der Waals surface area contributed by atoms with Crippen molar-refractivity contribution in [2.45, 2.75) is 27.3 Å². The number of guanidine groups is 1. The molecular weight excluding hydrogens is 443 g/mol. The van der Waals surface area contributed by atoms with Gasteiger partial charge in [-0.3, -0.25) is 4.79 Å². The Kier molecular flexibility index (Phi) is 13.4. The lowest BCUT2D eigenvalue weighted by Gasteiger charge is -2.13. The lowest BCUT2D eigenvalue weighted by Crippen LogP contribution is -2.42. The summed E-state index contributed by atoms with van der Waals surface area (Å²) in [7, 11) is 0. The first-order chi connectivity index (χ1) is 12.1. The van der Waals surface area contributed by atoms with Crippen LogP contribution in [0.4, 0.5) is 0 Å². The van der Waals surface area contributed by atoms with E-state index in [-0.39, 0.29) is 35.8 Å². The molecule has 1 amide bonds. The molecule has 146 valence electrons. The van der Waals surface area contributed by atoms with Gasteiger partial charge < -0.3 is 20.7 Å². The quantitative estimate of drug-likeness (QED) is 0.160. The van der Waals surface area contributed by atoms with Gasteiger partial charge in [0, 0.05) is 31.1 Å². The molecule has 0 bridgehead atoms. The summed E-state index contributed by atoms with van der Waals surface area (Å²) in [4.78, 5) is 16.1. The molecule has 1 rings (SSSR count). The van der Waals surface area contributed by atoms with Gasteiger partial charge >= 0.3 is 0 Å². The van der Waals surface area contributed by atoms with Crippen molar-refractivity contribution in [3.05, 3.63) is 42.5 Å². The number of benzene rings is 1. The van der Waals surface area contributed by atoms with E-state index >= 15 is 0 Å². The molecule has 6 nitrogen and oxygen atoms in total. The molecule has 0 aliphatic heterocycles. The van der Waals surface area contributed by atoms with E-state index < -0.39 is 0 Å². The number of nitrogens with zero attached hydrogens (tertiary/aromatic N) is 1. The van der Waals surface area contributed by atoms with Crippen molar-refractivity contribution in [3.8, 4) is 5.75 Å². The molecule has 0 aliphatic carbocycles. The largest absolute Gasteiger partial charge is 0.489 e. The molecule has 0 unspecified atom stereocenters. The van der Waals surface area contributed by atoms with Crippen molar-refractivity contribution in [1.29, 1.82) is 0 Å². The monoisotopic (exact) mass is 474 g/mol. The predicted molar refractivity (Wildman–Crippen MR) is 118 cm³/mol. The normalized spacial score (nSPS) is 10.7. The fraction of sp³-hybridized carbons (Fsp3) is 0.474. The highest BCUT2D eigenvalue weighted by Gasteiger charge is 2.06. The summed E-state index contributed by atoms with van der Waals surface area (Å²) < 4.78 is 5.65. The fourth-order valence-corrected chi connectivity index (χ4v) is 2.00. The van der Waals surface area contributed by atoms with E-state index in [4.69, 9.17) is 4.74 Å². The number of hydrogen-bond acceptors (Lipinski definition) is 3. The molecule has 0 fully saturated rings. The molecule has 0 spiro atoms. The van der Waals surface area contributed by atoms with Crippen LogP contribution in [0.1, 0.15) is 26.3 Å². The zero-order chi connectivity index (χ0) is 18.5. The number of rotatable bonds is 10. The van der Waals surface area contributed by atoms with Crippen LogP contribution < -0.4 is 20.7 Å². The number of carbonyl (C=O) groups excluding carboxylic acids is 1. The Morgan fingerprint density at radius 2 is 1.92 bits per heavy atom. The minimum atomic E-state index is -0.00558. The molecule has 0 radical (unpaired) electrons. The van der Waals surface area contributed by atoms with Gasteiger partial charge in [-0.15, -0.1) is 24.0 Å². The van der Waals surface area contributed by atoms with E-state index in [0.29, 0.717) is 32.2 Å². The Morgan fingerprint density at radius 1 is 1.23 bits per heavy atom. The number of para-hydroxylation sites is 1. The van der Waals surface area contributed by atoms with Crippen molar-refractivity contribution in [2.75, 3.05) is 26.2 Å². The summed E-state index contributed by atoms with van der Waals surface area (Å²) in [5, 5.41) is 9.28. The van der Waals surface area contributed by atoms with Gasteiger partial charge in [-0.1, -0.05) is 44.7 Å². The molecule has 7 heteroatoms. The molecular formula is C19H31IN4O2. The van der Waals surface area contributed by atoms with Crippen molar-refractivity contribution < 1.29 is 9.53 Å². The molecule has 1 aromatic rings. The molecule has 0 aromatic heterocycles. The topological polar surface area (TPSA) is 74.8 Å². The molecule has 0 atom stereocenters. The second kappa shape index (κ2) is 14.4. The van der Waals surface area contributed by atoms with Crippen molar-refractivity contribution in [1.82, 2.24) is 16.0 Å². The van der Waals surface area contributed by atoms with Crippen LogP contribution in [0.5, 0.6) is 5.75 Å². The maximum absolute atomic E-state index is 11.5. The van der Waals surface area contributed by atoms with E-state index in [2.05, 4.69) is 27.5 Å². The molecule has 3 N–H and O–H groups in total. The van der Waals surface area contributed by atoms with Crippen LogP contribution in [0.25, 0.3) is 0 Å². The minimum absolute atomic E-state index is 0. The van der Waals surface area contributed by atoms with Gasteiger partial charge in [-0.05, 0) is 13.0 Å². The van der Waals surface area contributed by atoms with Crippen LogP contribution in [-0.2, 0) is 11.3 Å². The van der Waals surface area contributed by atoms with Gasteiger partial charge in [0.15, 0.2) is 5.96 Å². The maximum Gasteiger partial charge on any atom is 0.222 e. The Bertz CT molecular complexity index is 576. The summed E-state index contributed by atoms with van der Waals surface area (Å²) >= 11 is 0. The molecule has 0 aliphatic rings. The average molecular weight is 474 g/mol. The van der Waals surface area contributed by atoms with E-state index in [0.717, 1.165) is 17.9 Å². The third kappa shape index (κ3) is 9.65. The van der Waals surface area contributed by atoms with Crippen LogP contribution in [0.3, 0.4) is 0 Å². The summed E-state index contributed by atoms with van der Waals surface area (Å²) in [5.41, 5.74) is 1.01. The number of amides is 1. The standard InChI is InChI=1S/C19H30N4O2.HI/c1-5-13-25-17-10-8-7-9-16(17)14-23-19(20-6-2)22-12-11-21-18(24)15(3)4;/h5,7-10,15H,1,6,11-14H2,2-4H3,(H,21,24)(H2,20,22,23);1H. The van der Waals surface area contributed by atoms with Crippen molar-refractivity contribution in [2.24, 2.45) is 10.9 Å². The second-order valence-corrected chi connectivity index (χ2v) is 5.78. The number of halogens is 1. The molecule has 0 heterocycles. The second-order valence-electron chi connectivity index (χ2n) is 5.78. The van der Waals surface area contributed by atoms with E-state index in [9.17, 15) is 4.79 Å². The number of ether oxygens (including phenoxy) is 1. The SMILES string of the molecule is C=CCOc1ccccc1CN=C(NCC)NCCNC(=O)C(C)C.I. The van der Waals surface area contributed by atoms with Crippen LogP contribution in [0, 0.1) is 5.92 Å². The first-order valence-electron chi connectivity index (χ1n) is 8.70. The lowest BCUT2D eigenvalue weighted by molar-refractivity contribution is -0.123. The van der Waals surface area contributed by atoms with E-state index in [1.165, 1.54) is 0 Å². The third-order valence-corrected chi connectivity index (χ3v) is 3.32. The van der Waals surface area contributed by atoms with E-state index in [1.54, 1.807) is 6.08 Å². The van der Waals surface area contributed by atoms with E-state index in [1.807, 2.05) is 45.0 Å². The van der Waals surface area contributed by atoms with Crippen LogP contribution in [-0.4, -0.2) is 38.1 Å². The first kappa shape index (κ1) is 24.2. The smallest absolute Gasteiger partial charge is 0.222 e. The van der Waals surface area contributed by atoms with Gasteiger partial charge in [-0.2, -0.15) is 0 Å². The van der Waals surface area contributed by atoms with Crippen LogP contribution >= 0.6 is 24.0 Å². The van der Waals surface area contributed by atoms with Crippen molar-refractivity contribution in [3.63, 3.8) is 0 Å². The third-order valence-electron chi connectivity index (χ3n) is 3.32. The van der Waals surface area contributed by atoms with Gasteiger partial charge in [-0.25, -0.2) is 4.99 Å².